The highest BCUT2D eigenvalue weighted by Crippen LogP contribution is 2.46. The lowest BCUT2D eigenvalue weighted by atomic mass is 9.79. The SMILES string of the molecule is O=C(O)[C@H]1c2ccccc2C(=O)N(C2CCCC2)[C@@H]1c1ccc([N+](=O)[O-])cc1. The normalized spacial score (nSPS) is 22.1. The molecule has 0 saturated heterocycles. The van der Waals surface area contributed by atoms with Crippen LogP contribution in [0.3, 0.4) is 0 Å². The summed E-state index contributed by atoms with van der Waals surface area (Å²) in [5.41, 5.74) is 1.47. The van der Waals surface area contributed by atoms with Crippen molar-refractivity contribution in [3.05, 3.63) is 75.3 Å². The van der Waals surface area contributed by atoms with Crippen molar-refractivity contribution in [2.75, 3.05) is 0 Å². The van der Waals surface area contributed by atoms with Crippen LogP contribution in [0, 0.1) is 10.1 Å². The summed E-state index contributed by atoms with van der Waals surface area (Å²) in [5.74, 6) is -2.09. The molecule has 0 radical (unpaired) electrons. The third-order valence-corrected chi connectivity index (χ3v) is 5.81. The molecule has 144 valence electrons. The number of fused-ring (bicyclic) bond motifs is 1. The number of aliphatic carboxylic acids is 1. The zero-order valence-corrected chi connectivity index (χ0v) is 15.2. The third-order valence-electron chi connectivity index (χ3n) is 5.81. The van der Waals surface area contributed by atoms with Gasteiger partial charge in [-0.25, -0.2) is 0 Å². The molecule has 28 heavy (non-hydrogen) atoms. The third kappa shape index (κ3) is 2.93. The maximum Gasteiger partial charge on any atom is 0.313 e. The molecular formula is C21H20N2O5. The fraction of sp³-hybridized carbons (Fsp3) is 0.333. The van der Waals surface area contributed by atoms with Crippen molar-refractivity contribution < 1.29 is 19.6 Å². The van der Waals surface area contributed by atoms with E-state index < -0.39 is 22.9 Å². The van der Waals surface area contributed by atoms with E-state index in [1.165, 1.54) is 12.1 Å². The molecule has 7 nitrogen and oxygen atoms in total. The molecule has 1 aliphatic carbocycles. The molecule has 2 atom stereocenters. The van der Waals surface area contributed by atoms with Crippen molar-refractivity contribution in [1.82, 2.24) is 4.90 Å². The molecule has 4 rings (SSSR count). The predicted octanol–water partition coefficient (Wildman–Crippen LogP) is 3.90. The molecule has 1 fully saturated rings. The van der Waals surface area contributed by atoms with E-state index in [1.807, 2.05) is 0 Å². The average Bonchev–Trinajstić information content (AvgIpc) is 3.22. The molecule has 1 saturated carbocycles. The van der Waals surface area contributed by atoms with Crippen LogP contribution >= 0.6 is 0 Å². The van der Waals surface area contributed by atoms with Crippen LogP contribution in [0.25, 0.3) is 0 Å². The first-order valence-electron chi connectivity index (χ1n) is 9.38. The molecule has 0 unspecified atom stereocenters. The van der Waals surface area contributed by atoms with E-state index in [2.05, 4.69) is 0 Å². The Kier molecular flexibility index (Phi) is 4.58. The van der Waals surface area contributed by atoms with Crippen molar-refractivity contribution >= 4 is 17.6 Å². The number of nitrogens with zero attached hydrogens (tertiary/aromatic N) is 2. The fourth-order valence-corrected chi connectivity index (χ4v) is 4.55. The van der Waals surface area contributed by atoms with Gasteiger partial charge in [-0.15, -0.1) is 0 Å². The summed E-state index contributed by atoms with van der Waals surface area (Å²) in [6, 6.07) is 12.0. The van der Waals surface area contributed by atoms with E-state index in [4.69, 9.17) is 0 Å². The smallest absolute Gasteiger partial charge is 0.313 e. The van der Waals surface area contributed by atoms with Gasteiger partial charge in [0.25, 0.3) is 11.6 Å². The van der Waals surface area contributed by atoms with E-state index >= 15 is 0 Å². The zero-order valence-electron chi connectivity index (χ0n) is 15.2. The van der Waals surface area contributed by atoms with E-state index in [0.717, 1.165) is 25.7 Å². The number of benzene rings is 2. The number of carboxylic acids is 1. The minimum absolute atomic E-state index is 0.0251. The van der Waals surface area contributed by atoms with E-state index in [-0.39, 0.29) is 17.6 Å². The Labute approximate surface area is 161 Å². The van der Waals surface area contributed by atoms with Crippen LogP contribution in [-0.2, 0) is 4.79 Å². The van der Waals surface area contributed by atoms with Gasteiger partial charge in [0.05, 0.1) is 11.0 Å². The number of nitro groups is 1. The second-order valence-electron chi connectivity index (χ2n) is 7.35. The van der Waals surface area contributed by atoms with Gasteiger partial charge >= 0.3 is 5.97 Å². The van der Waals surface area contributed by atoms with Gasteiger partial charge in [0.2, 0.25) is 0 Å². The minimum atomic E-state index is -1.01. The number of carbonyl (C=O) groups is 2. The Hall–Kier alpha value is -3.22. The van der Waals surface area contributed by atoms with Crippen molar-refractivity contribution in [2.24, 2.45) is 0 Å². The topological polar surface area (TPSA) is 101 Å². The molecule has 1 amide bonds. The number of hydrogen-bond donors (Lipinski definition) is 1. The van der Waals surface area contributed by atoms with Crippen LogP contribution in [0.5, 0.6) is 0 Å². The van der Waals surface area contributed by atoms with Gasteiger partial charge in [-0.2, -0.15) is 0 Å². The summed E-state index contributed by atoms with van der Waals surface area (Å²) in [6.45, 7) is 0. The number of hydrogen-bond acceptors (Lipinski definition) is 4. The first kappa shape index (κ1) is 18.2. The summed E-state index contributed by atoms with van der Waals surface area (Å²) in [7, 11) is 0. The summed E-state index contributed by atoms with van der Waals surface area (Å²) in [5, 5.41) is 21.1. The van der Waals surface area contributed by atoms with Gasteiger partial charge in [0, 0.05) is 23.7 Å². The van der Waals surface area contributed by atoms with Crippen LogP contribution in [0.4, 0.5) is 5.69 Å². The van der Waals surface area contributed by atoms with Gasteiger partial charge in [0.1, 0.15) is 5.92 Å². The molecule has 0 spiro atoms. The number of amides is 1. The van der Waals surface area contributed by atoms with Crippen LogP contribution in [0.2, 0.25) is 0 Å². The molecule has 7 heteroatoms. The maximum absolute atomic E-state index is 13.4. The number of carboxylic acid groups (broad SMARTS) is 1. The molecule has 2 aliphatic rings. The monoisotopic (exact) mass is 380 g/mol. The zero-order chi connectivity index (χ0) is 19.8. The first-order valence-corrected chi connectivity index (χ1v) is 9.38. The van der Waals surface area contributed by atoms with Gasteiger partial charge in [-0.05, 0) is 30.0 Å². The Morgan fingerprint density at radius 2 is 1.71 bits per heavy atom. The predicted molar refractivity (Wildman–Crippen MR) is 101 cm³/mol. The van der Waals surface area contributed by atoms with Crippen molar-refractivity contribution in [3.8, 4) is 0 Å². The molecular weight excluding hydrogens is 360 g/mol. The lowest BCUT2D eigenvalue weighted by Crippen LogP contribution is -2.49. The minimum Gasteiger partial charge on any atom is -0.481 e. The molecule has 1 aliphatic heterocycles. The van der Waals surface area contributed by atoms with Gasteiger partial charge in [-0.3, -0.25) is 19.7 Å². The molecule has 0 bridgehead atoms. The summed E-state index contributed by atoms with van der Waals surface area (Å²) in [6.07, 6.45) is 3.68. The standard InChI is InChI=1S/C21H20N2O5/c24-20-17-8-4-3-7-16(17)18(21(25)26)19(22(20)14-5-1-2-6-14)13-9-11-15(12-10-13)23(27)28/h3-4,7-12,14,18-19H,1-2,5-6H2,(H,25,26)/t18-,19+/m0/s1. The second-order valence-corrected chi connectivity index (χ2v) is 7.35. The van der Waals surface area contributed by atoms with Gasteiger partial charge < -0.3 is 10.0 Å². The summed E-state index contributed by atoms with van der Waals surface area (Å²) < 4.78 is 0. The lowest BCUT2D eigenvalue weighted by molar-refractivity contribution is -0.384. The largest absolute Gasteiger partial charge is 0.481 e. The lowest BCUT2D eigenvalue weighted by Gasteiger charge is -2.44. The number of carbonyl (C=O) groups excluding carboxylic acids is 1. The number of rotatable bonds is 4. The number of non-ortho nitro benzene ring substituents is 1. The molecule has 2 aromatic rings. The van der Waals surface area contributed by atoms with E-state index in [9.17, 15) is 24.8 Å². The van der Waals surface area contributed by atoms with Crippen molar-refractivity contribution in [3.63, 3.8) is 0 Å². The summed E-state index contributed by atoms with van der Waals surface area (Å²) >= 11 is 0. The van der Waals surface area contributed by atoms with Crippen LogP contribution in [0.1, 0.15) is 59.1 Å². The second kappa shape index (κ2) is 7.07. The molecule has 0 aromatic heterocycles. The molecule has 2 aromatic carbocycles. The molecule has 1 heterocycles. The fourth-order valence-electron chi connectivity index (χ4n) is 4.55. The van der Waals surface area contributed by atoms with Crippen LogP contribution in [0.15, 0.2) is 48.5 Å². The summed E-state index contributed by atoms with van der Waals surface area (Å²) in [4.78, 5) is 37.9. The van der Waals surface area contributed by atoms with E-state index in [1.54, 1.807) is 41.3 Å². The van der Waals surface area contributed by atoms with E-state index in [0.29, 0.717) is 16.7 Å². The maximum atomic E-state index is 13.4. The highest BCUT2D eigenvalue weighted by molar-refractivity contribution is 6.00. The van der Waals surface area contributed by atoms with Crippen molar-refractivity contribution in [2.45, 2.75) is 43.7 Å². The highest BCUT2D eigenvalue weighted by Gasteiger charge is 2.47. The quantitative estimate of drug-likeness (QED) is 0.640. The Morgan fingerprint density at radius 3 is 2.32 bits per heavy atom. The first-order chi connectivity index (χ1) is 13.5. The Bertz CT molecular complexity index is 934. The van der Waals surface area contributed by atoms with Crippen LogP contribution < -0.4 is 0 Å². The highest BCUT2D eigenvalue weighted by atomic mass is 16.6. The average molecular weight is 380 g/mol. The van der Waals surface area contributed by atoms with Crippen LogP contribution in [-0.4, -0.2) is 32.8 Å². The Morgan fingerprint density at radius 1 is 1.07 bits per heavy atom. The van der Waals surface area contributed by atoms with Gasteiger partial charge in [0.15, 0.2) is 0 Å². The Balaban J connectivity index is 1.88. The molecule has 1 N–H and O–H groups in total. The number of nitro benzene ring substituents is 1. The van der Waals surface area contributed by atoms with Gasteiger partial charge in [-0.1, -0.05) is 43.2 Å². The van der Waals surface area contributed by atoms with Crippen molar-refractivity contribution in [1.29, 1.82) is 0 Å².